The molecule has 1 heterocycles. The number of ether oxygens (including phenoxy) is 5. The second-order valence-corrected chi connectivity index (χ2v) is 7.22. The Hall–Kier alpha value is -2.73. The Morgan fingerprint density at radius 3 is 2.43 bits per heavy atom. The maximum absolute atomic E-state index is 11.7. The zero-order valence-corrected chi connectivity index (χ0v) is 17.6. The summed E-state index contributed by atoms with van der Waals surface area (Å²) in [6.45, 7) is 2.12. The molecule has 6 nitrogen and oxygen atoms in total. The highest BCUT2D eigenvalue weighted by atomic mass is 16.7. The van der Waals surface area contributed by atoms with E-state index in [9.17, 15) is 4.79 Å². The first-order valence-corrected chi connectivity index (χ1v) is 10.5. The number of aryl methyl sites for hydroxylation is 1. The summed E-state index contributed by atoms with van der Waals surface area (Å²) in [7, 11) is 1.63. The molecule has 0 aliphatic carbocycles. The van der Waals surface area contributed by atoms with Gasteiger partial charge in [-0.1, -0.05) is 30.3 Å². The molecule has 3 rings (SSSR count). The molecule has 30 heavy (non-hydrogen) atoms. The molecule has 2 aromatic carbocycles. The largest absolute Gasteiger partial charge is 0.508 e. The summed E-state index contributed by atoms with van der Waals surface area (Å²) < 4.78 is 27.8. The Morgan fingerprint density at radius 2 is 1.73 bits per heavy atom. The van der Waals surface area contributed by atoms with E-state index in [-0.39, 0.29) is 31.5 Å². The maximum atomic E-state index is 11.7. The van der Waals surface area contributed by atoms with Gasteiger partial charge < -0.3 is 23.7 Å². The fraction of sp³-hybridized carbons (Fsp3) is 0.458. The zero-order valence-electron chi connectivity index (χ0n) is 17.6. The molecule has 0 bridgehead atoms. The van der Waals surface area contributed by atoms with Crippen LogP contribution in [0.25, 0.3) is 0 Å². The Labute approximate surface area is 178 Å². The lowest BCUT2D eigenvalue weighted by Crippen LogP contribution is -2.45. The number of carbonyl (C=O) groups is 1. The smallest absolute Gasteiger partial charge is 0.497 e. The fourth-order valence-corrected chi connectivity index (χ4v) is 3.54. The summed E-state index contributed by atoms with van der Waals surface area (Å²) in [5, 5.41) is 0. The highest BCUT2D eigenvalue weighted by molar-refractivity contribution is 5.59. The minimum Gasteiger partial charge on any atom is -0.497 e. The molecule has 0 unspecified atom stereocenters. The monoisotopic (exact) mass is 414 g/mol. The zero-order chi connectivity index (χ0) is 21.2. The van der Waals surface area contributed by atoms with Gasteiger partial charge in [-0.25, -0.2) is 4.79 Å². The number of carbonyl (C=O) groups excluding carboxylic acids is 1. The second-order valence-electron chi connectivity index (χ2n) is 7.22. The van der Waals surface area contributed by atoms with Crippen LogP contribution in [-0.2, 0) is 20.6 Å². The van der Waals surface area contributed by atoms with Crippen molar-refractivity contribution in [1.82, 2.24) is 0 Å². The third kappa shape index (κ3) is 6.66. The van der Waals surface area contributed by atoms with Crippen molar-refractivity contribution in [1.29, 1.82) is 0 Å². The average molecular weight is 414 g/mol. The van der Waals surface area contributed by atoms with E-state index in [1.165, 1.54) is 5.56 Å². The van der Waals surface area contributed by atoms with Gasteiger partial charge >= 0.3 is 6.16 Å². The molecule has 6 heteroatoms. The first kappa shape index (κ1) is 22.0. The fourth-order valence-electron chi connectivity index (χ4n) is 3.54. The predicted octanol–water partition coefficient (Wildman–Crippen LogP) is 4.80. The molecule has 2 aromatic rings. The van der Waals surface area contributed by atoms with Crippen molar-refractivity contribution in [2.24, 2.45) is 0 Å². The van der Waals surface area contributed by atoms with Crippen LogP contribution in [0.15, 0.2) is 54.6 Å². The van der Waals surface area contributed by atoms with Crippen molar-refractivity contribution in [3.8, 4) is 11.5 Å². The van der Waals surface area contributed by atoms with Crippen LogP contribution in [0.4, 0.5) is 4.79 Å². The summed E-state index contributed by atoms with van der Waals surface area (Å²) in [4.78, 5) is 11.7. The van der Waals surface area contributed by atoms with Crippen LogP contribution in [0.2, 0.25) is 0 Å². The molecule has 0 amide bonds. The summed E-state index contributed by atoms with van der Waals surface area (Å²) in [6, 6.07) is 17.8. The van der Waals surface area contributed by atoms with Gasteiger partial charge in [0.15, 0.2) is 0 Å². The molecule has 162 valence electrons. The van der Waals surface area contributed by atoms with Gasteiger partial charge in [0.25, 0.3) is 0 Å². The van der Waals surface area contributed by atoms with E-state index < -0.39 is 6.16 Å². The van der Waals surface area contributed by atoms with Crippen LogP contribution >= 0.6 is 0 Å². The molecular weight excluding hydrogens is 384 g/mol. The van der Waals surface area contributed by atoms with E-state index in [0.717, 1.165) is 37.2 Å². The van der Waals surface area contributed by atoms with Crippen LogP contribution in [0.1, 0.15) is 31.7 Å². The standard InChI is InChI=1S/C24H30O6/c1-3-27-24(25)28-17-23-22(29-21-13-11-19(26-2)12-14-21)16-15-20(30-23)10-9-18-7-5-4-6-8-18/h4-8,11-14,20,22-23H,3,9-10,15-17H2,1-2H3/t20-,22+,23-/m1/s1. The topological polar surface area (TPSA) is 63.2 Å². The van der Waals surface area contributed by atoms with E-state index in [0.29, 0.717) is 0 Å². The van der Waals surface area contributed by atoms with Gasteiger partial charge in [0.2, 0.25) is 0 Å². The molecule has 0 spiro atoms. The third-order valence-electron chi connectivity index (χ3n) is 5.13. The van der Waals surface area contributed by atoms with Gasteiger partial charge in [-0.05, 0) is 62.4 Å². The van der Waals surface area contributed by atoms with Crippen LogP contribution in [0, 0.1) is 0 Å². The summed E-state index contributed by atoms with van der Waals surface area (Å²) >= 11 is 0. The molecule has 0 radical (unpaired) electrons. The summed E-state index contributed by atoms with van der Waals surface area (Å²) in [5.74, 6) is 1.50. The Balaban J connectivity index is 1.59. The lowest BCUT2D eigenvalue weighted by atomic mass is 9.96. The first-order chi connectivity index (χ1) is 14.7. The predicted molar refractivity (Wildman–Crippen MR) is 113 cm³/mol. The van der Waals surface area contributed by atoms with Crippen molar-refractivity contribution in [2.45, 2.75) is 50.9 Å². The van der Waals surface area contributed by atoms with Gasteiger partial charge in [-0.2, -0.15) is 0 Å². The van der Waals surface area contributed by atoms with Crippen molar-refractivity contribution in [2.75, 3.05) is 20.3 Å². The molecule has 0 aromatic heterocycles. The molecule has 1 fully saturated rings. The Morgan fingerprint density at radius 1 is 1.00 bits per heavy atom. The van der Waals surface area contributed by atoms with Crippen molar-refractivity contribution < 1.29 is 28.5 Å². The normalized spacial score (nSPS) is 20.9. The van der Waals surface area contributed by atoms with Gasteiger partial charge in [0.1, 0.15) is 30.3 Å². The van der Waals surface area contributed by atoms with Gasteiger partial charge in [0, 0.05) is 0 Å². The van der Waals surface area contributed by atoms with Crippen LogP contribution in [0.3, 0.4) is 0 Å². The minimum atomic E-state index is -0.685. The van der Waals surface area contributed by atoms with Gasteiger partial charge in [-0.3, -0.25) is 0 Å². The Bertz CT molecular complexity index is 761. The molecule has 1 aliphatic heterocycles. The molecule has 0 saturated carbocycles. The molecular formula is C24H30O6. The second kappa shape index (κ2) is 11.5. The number of rotatable bonds is 9. The highest BCUT2D eigenvalue weighted by Gasteiger charge is 2.34. The van der Waals surface area contributed by atoms with E-state index >= 15 is 0 Å². The number of methoxy groups -OCH3 is 1. The SMILES string of the molecule is CCOC(=O)OC[C@H]1O[C@H](CCc2ccccc2)CC[C@@H]1Oc1ccc(OC)cc1. The molecule has 3 atom stereocenters. The van der Waals surface area contributed by atoms with Gasteiger partial charge in [0.05, 0.1) is 19.8 Å². The van der Waals surface area contributed by atoms with E-state index in [4.69, 9.17) is 23.7 Å². The van der Waals surface area contributed by atoms with E-state index in [1.807, 2.05) is 42.5 Å². The summed E-state index contributed by atoms with van der Waals surface area (Å²) in [6.07, 6.45) is 2.42. The van der Waals surface area contributed by atoms with Crippen LogP contribution in [-0.4, -0.2) is 44.8 Å². The lowest BCUT2D eigenvalue weighted by Gasteiger charge is -2.36. The maximum Gasteiger partial charge on any atom is 0.508 e. The lowest BCUT2D eigenvalue weighted by molar-refractivity contribution is -0.131. The summed E-state index contributed by atoms with van der Waals surface area (Å²) in [5.41, 5.74) is 1.29. The number of benzene rings is 2. The number of hydrogen-bond donors (Lipinski definition) is 0. The van der Waals surface area contributed by atoms with Crippen LogP contribution in [0.5, 0.6) is 11.5 Å². The number of hydrogen-bond acceptors (Lipinski definition) is 6. The minimum absolute atomic E-state index is 0.0942. The quantitative estimate of drug-likeness (QED) is 0.550. The first-order valence-electron chi connectivity index (χ1n) is 10.5. The van der Waals surface area contributed by atoms with Crippen molar-refractivity contribution in [3.05, 3.63) is 60.2 Å². The van der Waals surface area contributed by atoms with E-state index in [1.54, 1.807) is 14.0 Å². The van der Waals surface area contributed by atoms with Gasteiger partial charge in [-0.15, -0.1) is 0 Å². The Kier molecular flexibility index (Phi) is 8.39. The van der Waals surface area contributed by atoms with E-state index in [2.05, 4.69) is 12.1 Å². The van der Waals surface area contributed by atoms with Crippen LogP contribution < -0.4 is 9.47 Å². The third-order valence-corrected chi connectivity index (χ3v) is 5.13. The van der Waals surface area contributed by atoms with Crippen molar-refractivity contribution >= 4 is 6.16 Å². The molecule has 1 saturated heterocycles. The average Bonchev–Trinajstić information content (AvgIpc) is 2.79. The molecule has 1 aliphatic rings. The highest BCUT2D eigenvalue weighted by Crippen LogP contribution is 2.28. The molecule has 0 N–H and O–H groups in total. The van der Waals surface area contributed by atoms with Crippen molar-refractivity contribution in [3.63, 3.8) is 0 Å².